The molecule has 0 aromatic heterocycles. The van der Waals surface area contributed by atoms with Crippen molar-refractivity contribution < 1.29 is 4.79 Å². The lowest BCUT2D eigenvalue weighted by atomic mass is 9.97. The number of amides is 1. The van der Waals surface area contributed by atoms with Gasteiger partial charge in [-0.15, -0.1) is 0 Å². The number of rotatable bonds is 1. The maximum Gasteiger partial charge on any atom is 0.245 e. The van der Waals surface area contributed by atoms with Gasteiger partial charge < -0.3 is 10.2 Å². The number of benzene rings is 1. The number of nitrogens with zero attached hydrogens (tertiary/aromatic N) is 2. The minimum Gasteiger partial charge on any atom is -0.356 e. The Hall–Kier alpha value is -2.02. The van der Waals surface area contributed by atoms with E-state index < -0.39 is 5.54 Å². The van der Waals surface area contributed by atoms with Gasteiger partial charge in [0.25, 0.3) is 0 Å². The molecule has 0 atom stereocenters. The van der Waals surface area contributed by atoms with E-state index in [0.717, 1.165) is 12.2 Å². The van der Waals surface area contributed by atoms with Crippen LogP contribution in [0.3, 0.4) is 0 Å². The number of nitrogens with one attached hydrogen (secondary N) is 1. The Morgan fingerprint density at radius 1 is 1.47 bits per heavy atom. The van der Waals surface area contributed by atoms with E-state index in [-0.39, 0.29) is 5.91 Å². The molecule has 1 fully saturated rings. The normalized spacial score (nSPS) is 18.4. The van der Waals surface area contributed by atoms with E-state index >= 15 is 0 Å². The largest absolute Gasteiger partial charge is 0.356 e. The first-order valence-electron chi connectivity index (χ1n) is 5.62. The third-order valence-corrected chi connectivity index (χ3v) is 3.14. The van der Waals surface area contributed by atoms with Gasteiger partial charge in [0.2, 0.25) is 5.91 Å². The highest BCUT2D eigenvalue weighted by Gasteiger charge is 2.37. The van der Waals surface area contributed by atoms with Crippen LogP contribution in [-0.4, -0.2) is 24.5 Å². The molecule has 17 heavy (non-hydrogen) atoms. The first kappa shape index (κ1) is 11.5. The van der Waals surface area contributed by atoms with E-state index in [1.54, 1.807) is 6.07 Å². The molecule has 1 aromatic carbocycles. The summed E-state index contributed by atoms with van der Waals surface area (Å²) in [6.45, 7) is 5.17. The molecule has 1 N–H and O–H groups in total. The van der Waals surface area contributed by atoms with Crippen LogP contribution in [0.1, 0.15) is 19.4 Å². The molecule has 0 spiro atoms. The predicted octanol–water partition coefficient (Wildman–Crippen LogP) is 1.27. The van der Waals surface area contributed by atoms with E-state index in [0.29, 0.717) is 12.1 Å². The Balaban J connectivity index is 2.38. The molecular weight excluding hydrogens is 214 g/mol. The highest BCUT2D eigenvalue weighted by Crippen LogP contribution is 2.26. The number of hydrogen-bond donors (Lipinski definition) is 1. The van der Waals surface area contributed by atoms with E-state index in [2.05, 4.69) is 11.4 Å². The highest BCUT2D eigenvalue weighted by molar-refractivity contribution is 5.90. The summed E-state index contributed by atoms with van der Waals surface area (Å²) in [5.74, 6) is 0.0195. The van der Waals surface area contributed by atoms with Crippen LogP contribution in [0.15, 0.2) is 24.3 Å². The van der Waals surface area contributed by atoms with Crippen LogP contribution in [0.2, 0.25) is 0 Å². The summed E-state index contributed by atoms with van der Waals surface area (Å²) >= 11 is 0. The van der Waals surface area contributed by atoms with E-state index in [1.807, 2.05) is 36.9 Å². The molecule has 0 radical (unpaired) electrons. The number of nitriles is 1. The topological polar surface area (TPSA) is 56.1 Å². The van der Waals surface area contributed by atoms with Crippen molar-refractivity contribution in [3.05, 3.63) is 29.8 Å². The molecule has 0 aliphatic carbocycles. The third-order valence-electron chi connectivity index (χ3n) is 3.14. The molecule has 88 valence electrons. The van der Waals surface area contributed by atoms with E-state index in [9.17, 15) is 4.79 Å². The number of carbonyl (C=O) groups excluding carboxylic acids is 1. The number of hydrogen-bond acceptors (Lipinski definition) is 3. The maximum absolute atomic E-state index is 11.8. The minimum absolute atomic E-state index is 0.0195. The van der Waals surface area contributed by atoms with Crippen LogP contribution < -0.4 is 10.2 Å². The minimum atomic E-state index is -0.577. The zero-order valence-corrected chi connectivity index (χ0v) is 10.0. The molecule has 4 heteroatoms. The third kappa shape index (κ3) is 1.96. The van der Waals surface area contributed by atoms with Gasteiger partial charge in [0, 0.05) is 18.8 Å². The van der Waals surface area contributed by atoms with Crippen molar-refractivity contribution >= 4 is 11.6 Å². The van der Waals surface area contributed by atoms with Gasteiger partial charge in [0.1, 0.15) is 5.54 Å². The van der Waals surface area contributed by atoms with Gasteiger partial charge in [-0.25, -0.2) is 0 Å². The van der Waals surface area contributed by atoms with Gasteiger partial charge >= 0.3 is 0 Å². The predicted molar refractivity (Wildman–Crippen MR) is 65.6 cm³/mol. The van der Waals surface area contributed by atoms with Crippen LogP contribution in [0.4, 0.5) is 5.69 Å². The van der Waals surface area contributed by atoms with Gasteiger partial charge in [0.15, 0.2) is 0 Å². The second-order valence-corrected chi connectivity index (χ2v) is 4.63. The maximum atomic E-state index is 11.8. The van der Waals surface area contributed by atoms with Gasteiger partial charge in [-0.1, -0.05) is 6.07 Å². The number of carbonyl (C=O) groups is 1. The van der Waals surface area contributed by atoms with Gasteiger partial charge in [-0.3, -0.25) is 4.79 Å². The molecule has 0 bridgehead atoms. The first-order chi connectivity index (χ1) is 8.05. The summed E-state index contributed by atoms with van der Waals surface area (Å²) in [6, 6.07) is 9.48. The zero-order valence-electron chi connectivity index (χ0n) is 10.0. The monoisotopic (exact) mass is 229 g/mol. The summed E-state index contributed by atoms with van der Waals surface area (Å²) in [5, 5.41) is 11.7. The van der Waals surface area contributed by atoms with Crippen molar-refractivity contribution in [2.45, 2.75) is 19.4 Å². The lowest BCUT2D eigenvalue weighted by Gasteiger charge is -2.42. The molecule has 0 unspecified atom stereocenters. The van der Waals surface area contributed by atoms with Gasteiger partial charge in [-0.05, 0) is 32.0 Å². The molecule has 0 saturated carbocycles. The second-order valence-electron chi connectivity index (χ2n) is 4.63. The Labute approximate surface area is 101 Å². The molecule has 1 aliphatic heterocycles. The lowest BCUT2D eigenvalue weighted by molar-refractivity contribution is -0.126. The van der Waals surface area contributed by atoms with Crippen molar-refractivity contribution in [3.8, 4) is 6.07 Å². The quantitative estimate of drug-likeness (QED) is 0.789. The van der Waals surface area contributed by atoms with E-state index in [4.69, 9.17) is 5.26 Å². The van der Waals surface area contributed by atoms with Crippen molar-refractivity contribution in [1.82, 2.24) is 5.32 Å². The fourth-order valence-electron chi connectivity index (χ4n) is 2.09. The standard InChI is InChI=1S/C13H15N3O/c1-13(2)12(17)15-6-7-16(13)11-5-3-4-10(8-11)9-14/h3-5,8H,6-7H2,1-2H3,(H,15,17). The fourth-order valence-corrected chi connectivity index (χ4v) is 2.09. The van der Waals surface area contributed by atoms with Crippen molar-refractivity contribution in [2.75, 3.05) is 18.0 Å². The van der Waals surface area contributed by atoms with Gasteiger partial charge in [0.05, 0.1) is 11.6 Å². The molecule has 1 saturated heterocycles. The van der Waals surface area contributed by atoms with Crippen LogP contribution in [0.5, 0.6) is 0 Å². The number of piperazine rings is 1. The molecular formula is C13H15N3O. The van der Waals surface area contributed by atoms with Crippen LogP contribution in [-0.2, 0) is 4.79 Å². The SMILES string of the molecule is CC1(C)C(=O)NCCN1c1cccc(C#N)c1. The molecule has 1 aliphatic rings. The first-order valence-corrected chi connectivity index (χ1v) is 5.62. The molecule has 1 heterocycles. The summed E-state index contributed by atoms with van der Waals surface area (Å²) < 4.78 is 0. The summed E-state index contributed by atoms with van der Waals surface area (Å²) in [7, 11) is 0. The molecule has 2 rings (SSSR count). The average molecular weight is 229 g/mol. The molecule has 1 aromatic rings. The van der Waals surface area contributed by atoms with Crippen molar-refractivity contribution in [1.29, 1.82) is 5.26 Å². The lowest BCUT2D eigenvalue weighted by Crippen LogP contribution is -2.62. The molecule has 1 amide bonds. The van der Waals surface area contributed by atoms with Crippen molar-refractivity contribution in [3.63, 3.8) is 0 Å². The van der Waals surface area contributed by atoms with Gasteiger partial charge in [-0.2, -0.15) is 5.26 Å². The van der Waals surface area contributed by atoms with Crippen LogP contribution in [0.25, 0.3) is 0 Å². The Morgan fingerprint density at radius 2 is 2.24 bits per heavy atom. The fraction of sp³-hybridized carbons (Fsp3) is 0.385. The summed E-state index contributed by atoms with van der Waals surface area (Å²) in [6.07, 6.45) is 0. The molecule has 4 nitrogen and oxygen atoms in total. The summed E-state index contributed by atoms with van der Waals surface area (Å²) in [5.41, 5.74) is 0.958. The van der Waals surface area contributed by atoms with Crippen LogP contribution in [0, 0.1) is 11.3 Å². The Morgan fingerprint density at radius 3 is 2.94 bits per heavy atom. The summed E-state index contributed by atoms with van der Waals surface area (Å²) in [4.78, 5) is 13.9. The zero-order chi connectivity index (χ0) is 12.5. The highest BCUT2D eigenvalue weighted by atomic mass is 16.2. The number of anilines is 1. The Bertz CT molecular complexity index is 488. The second kappa shape index (κ2) is 4.10. The Kier molecular flexibility index (Phi) is 2.76. The van der Waals surface area contributed by atoms with E-state index in [1.165, 1.54) is 0 Å². The average Bonchev–Trinajstić information content (AvgIpc) is 2.32. The van der Waals surface area contributed by atoms with Crippen LogP contribution >= 0.6 is 0 Å². The van der Waals surface area contributed by atoms with Crippen molar-refractivity contribution in [2.24, 2.45) is 0 Å². The smallest absolute Gasteiger partial charge is 0.245 e.